The molecule has 0 aliphatic carbocycles. The van der Waals surface area contributed by atoms with E-state index in [2.05, 4.69) is 191 Å². The molecule has 0 rings (SSSR count). The molecule has 0 radical (unpaired) electrons. The van der Waals surface area contributed by atoms with Crippen LogP contribution in [0.3, 0.4) is 0 Å². The minimum atomic E-state index is -5.00. The average Bonchev–Trinajstić information content (AvgIpc) is 2.98. The smallest absolute Gasteiger partial charge is 0.277 e. The summed E-state index contributed by atoms with van der Waals surface area (Å²) in [4.78, 5) is -1.44. The van der Waals surface area contributed by atoms with Crippen molar-refractivity contribution in [3.05, 3.63) is 0 Å². The zero-order valence-electron chi connectivity index (χ0n) is 26.8. The quantitative estimate of drug-likeness (QED) is 0.0607. The highest BCUT2D eigenvalue weighted by molar-refractivity contribution is 9.13. The molecule has 6 atom stereocenters. The van der Waals surface area contributed by atoms with Gasteiger partial charge >= 0.3 is 7.82 Å². The van der Waals surface area contributed by atoms with Gasteiger partial charge in [-0.3, -0.25) is 13.6 Å². The third-order valence-electron chi connectivity index (χ3n) is 7.57. The molecule has 0 spiro atoms. The lowest BCUT2D eigenvalue weighted by Crippen LogP contribution is -2.55. The first-order valence-electron chi connectivity index (χ1n) is 14.7. The van der Waals surface area contributed by atoms with Crippen LogP contribution in [0, 0.1) is 0 Å². The molecule has 302 valence electrons. The van der Waals surface area contributed by atoms with Crippen LogP contribution in [0.4, 0.5) is 0 Å². The zero-order chi connectivity index (χ0) is 39.6. The number of phosphoric ester groups is 1. The number of rotatable bonds is 27. The van der Waals surface area contributed by atoms with Crippen LogP contribution in [0.15, 0.2) is 0 Å². The maximum absolute atomic E-state index is 16.2. The van der Waals surface area contributed by atoms with E-state index >= 15 is 4.57 Å². The Labute approximate surface area is 429 Å². The van der Waals surface area contributed by atoms with Crippen molar-refractivity contribution in [1.29, 1.82) is 0 Å². The summed E-state index contributed by atoms with van der Waals surface area (Å²) in [5.74, 6) is 0. The minimum Gasteiger partial charge on any atom is -0.277 e. The SMILES string of the molecule is CC(Cl)(Cl)C(CC(Br)CBr)(CC(Br)CBr)OP(=O)(OC(CC(Br)CBr)(CC(Br)CBr)C(C)(Cl)Cl)OC(CC(Br)CBr)(CC(Br)CBr)C(C)(Cl)Cl. The molecule has 0 saturated carbocycles. The highest BCUT2D eigenvalue weighted by Gasteiger charge is 2.63. The van der Waals surface area contributed by atoms with Gasteiger partial charge in [0.25, 0.3) is 0 Å². The molecular weight excluding hydrogens is 1590 g/mol. The predicted octanol–water partition coefficient (Wildman–Crippen LogP) is 17.2. The molecule has 0 fully saturated rings. The first-order valence-corrected chi connectivity index (χ1v) is 30.6. The second-order valence-corrected chi connectivity index (χ2v) is 30.3. The fraction of sp³-hybridized carbons (Fsp3) is 1.00. The van der Waals surface area contributed by atoms with Crippen molar-refractivity contribution in [3.8, 4) is 0 Å². The molecule has 0 amide bonds. The zero-order valence-corrected chi connectivity index (χ0v) is 51.3. The van der Waals surface area contributed by atoms with Gasteiger partial charge in [-0.15, -0.1) is 0 Å². The Morgan fingerprint density at radius 2 is 0.560 bits per heavy atom. The van der Waals surface area contributed by atoms with E-state index in [1.165, 1.54) is 0 Å². The van der Waals surface area contributed by atoms with Crippen molar-refractivity contribution >= 4 is 269 Å². The maximum Gasteiger partial charge on any atom is 0.476 e. The van der Waals surface area contributed by atoms with E-state index in [1.807, 2.05) is 0 Å². The van der Waals surface area contributed by atoms with Crippen LogP contribution in [0.5, 0.6) is 0 Å². The number of phosphoric acid groups is 1. The summed E-state index contributed by atoms with van der Waals surface area (Å²) < 4.78 is 31.9. The number of halogens is 18. The van der Waals surface area contributed by atoms with E-state index in [0.29, 0.717) is 32.0 Å². The number of hydrogen-bond acceptors (Lipinski definition) is 4. The number of alkyl halides is 18. The van der Waals surface area contributed by atoms with Crippen LogP contribution < -0.4 is 0 Å². The van der Waals surface area contributed by atoms with Crippen LogP contribution in [-0.2, 0) is 18.1 Å². The van der Waals surface area contributed by atoms with E-state index in [0.717, 1.165) is 0 Å². The summed E-state index contributed by atoms with van der Waals surface area (Å²) in [7, 11) is -5.00. The topological polar surface area (TPSA) is 44.8 Å². The Bertz CT molecular complexity index is 883. The summed E-state index contributed by atoms with van der Waals surface area (Å²) in [6.07, 6.45) is 1.01. The van der Waals surface area contributed by atoms with Crippen LogP contribution in [-0.4, -0.2) is 90.7 Å². The standard InChI is InChI=1S/C27H39Br12Cl6O4P/c1-22(40,41)25(4-16(34)10-28,5-17(35)11-29)47-50(46,48-26(23(2,42)43,6-18(36)12-30)7-19(37)13-31)49-27(24(3,44)45,8-20(38)14-32)9-21(39)15-33/h16-21H,4-15H2,1-3H3. The normalized spacial score (nSPS) is 21.9. The highest BCUT2D eigenvalue weighted by Crippen LogP contribution is 2.68. The summed E-state index contributed by atoms with van der Waals surface area (Å²) in [5, 5.41) is 2.95. The maximum atomic E-state index is 16.2. The molecule has 0 saturated heterocycles. The molecule has 50 heavy (non-hydrogen) atoms. The average molecular weight is 1630 g/mol. The van der Waals surface area contributed by atoms with Gasteiger partial charge in [-0.25, -0.2) is 4.57 Å². The Morgan fingerprint density at radius 1 is 0.420 bits per heavy atom. The lowest BCUT2D eigenvalue weighted by molar-refractivity contribution is -0.0877. The van der Waals surface area contributed by atoms with E-state index in [1.54, 1.807) is 20.8 Å². The molecule has 0 bridgehead atoms. The van der Waals surface area contributed by atoms with Crippen LogP contribution in [0.1, 0.15) is 59.3 Å². The minimum absolute atomic E-state index is 0.168. The summed E-state index contributed by atoms with van der Waals surface area (Å²) in [6, 6.07) is 0. The van der Waals surface area contributed by atoms with E-state index in [4.69, 9.17) is 83.2 Å². The van der Waals surface area contributed by atoms with Crippen molar-refractivity contribution in [3.63, 3.8) is 0 Å². The molecule has 0 aromatic carbocycles. The van der Waals surface area contributed by atoms with Gasteiger partial charge in [0.05, 0.1) is 0 Å². The molecule has 23 heteroatoms. The molecule has 0 aromatic rings. The van der Waals surface area contributed by atoms with E-state index in [9.17, 15) is 0 Å². The van der Waals surface area contributed by atoms with Crippen molar-refractivity contribution in [2.45, 2.75) is 118 Å². The Kier molecular flexibility index (Phi) is 29.6. The van der Waals surface area contributed by atoms with Gasteiger partial charge in [-0.05, 0) is 59.3 Å². The predicted molar refractivity (Wildman–Crippen MR) is 266 cm³/mol. The van der Waals surface area contributed by atoms with Crippen molar-refractivity contribution < 1.29 is 18.1 Å². The molecule has 0 aromatic heterocycles. The van der Waals surface area contributed by atoms with Crippen molar-refractivity contribution in [1.82, 2.24) is 0 Å². The van der Waals surface area contributed by atoms with Gasteiger partial charge in [0.1, 0.15) is 29.8 Å². The summed E-state index contributed by atoms with van der Waals surface area (Å²) >= 11 is 86.0. The Morgan fingerprint density at radius 3 is 0.660 bits per heavy atom. The fourth-order valence-electron chi connectivity index (χ4n) is 4.96. The molecule has 4 nitrogen and oxygen atoms in total. The fourth-order valence-corrected chi connectivity index (χ4v) is 13.3. The summed E-state index contributed by atoms with van der Waals surface area (Å²) in [5.41, 5.74) is -4.76. The molecule has 0 aliphatic heterocycles. The number of hydrogen-bond donors (Lipinski definition) is 0. The Balaban J connectivity index is 8.43. The van der Waals surface area contributed by atoms with Crippen LogP contribution in [0.2, 0.25) is 0 Å². The molecular formula is C27H39Br12Cl6O4P. The summed E-state index contributed by atoms with van der Waals surface area (Å²) in [6.45, 7) is 4.75. The monoisotopic (exact) mass is 1620 g/mol. The third-order valence-corrected chi connectivity index (χ3v) is 25.1. The van der Waals surface area contributed by atoms with Gasteiger partial charge in [-0.1, -0.05) is 261 Å². The Hall–Kier alpha value is 7.61. The van der Waals surface area contributed by atoms with Crippen molar-refractivity contribution in [2.24, 2.45) is 0 Å². The van der Waals surface area contributed by atoms with Crippen molar-refractivity contribution in [2.75, 3.05) is 32.0 Å². The van der Waals surface area contributed by atoms with Crippen LogP contribution in [0.25, 0.3) is 0 Å². The highest BCUT2D eigenvalue weighted by atomic mass is 79.9. The van der Waals surface area contributed by atoms with Gasteiger partial charge < -0.3 is 0 Å². The third kappa shape index (κ3) is 18.5. The molecule has 0 heterocycles. The second kappa shape index (κ2) is 25.7. The first-order chi connectivity index (χ1) is 22.6. The van der Waals surface area contributed by atoms with Gasteiger partial charge in [0, 0.05) is 60.9 Å². The molecule has 0 aliphatic rings. The molecule has 6 unspecified atom stereocenters. The lowest BCUT2D eigenvalue weighted by Gasteiger charge is -2.51. The van der Waals surface area contributed by atoms with Gasteiger partial charge in [0.2, 0.25) is 0 Å². The van der Waals surface area contributed by atoms with Crippen LogP contribution >= 0.6 is 269 Å². The van der Waals surface area contributed by atoms with E-state index < -0.39 is 37.6 Å². The lowest BCUT2D eigenvalue weighted by atomic mass is 9.89. The molecule has 0 N–H and O–H groups in total. The van der Waals surface area contributed by atoms with E-state index in [-0.39, 0.29) is 67.5 Å². The second-order valence-electron chi connectivity index (χ2n) is 12.1. The largest absolute Gasteiger partial charge is 0.476 e. The van der Waals surface area contributed by atoms with Gasteiger partial charge in [-0.2, -0.15) is 0 Å². The van der Waals surface area contributed by atoms with Gasteiger partial charge in [0.15, 0.2) is 0 Å². The first kappa shape index (κ1) is 57.6.